The molecule has 0 aliphatic heterocycles. The van der Waals surface area contributed by atoms with Crippen molar-refractivity contribution in [1.82, 2.24) is 9.88 Å². The molecule has 0 radical (unpaired) electrons. The number of carbonyl (C=O) groups is 1. The fourth-order valence-electron chi connectivity index (χ4n) is 2.74. The first-order valence-corrected chi connectivity index (χ1v) is 9.06. The molecule has 10 nitrogen and oxygen atoms in total. The number of pyridine rings is 1. The molecule has 12 heteroatoms. The van der Waals surface area contributed by atoms with Gasteiger partial charge in [-0.1, -0.05) is 0 Å². The number of hydrogen-bond donors (Lipinski definition) is 1. The Bertz CT molecular complexity index is 1170. The highest BCUT2D eigenvalue weighted by Gasteiger charge is 2.20. The zero-order valence-electron chi connectivity index (χ0n) is 16.9. The highest BCUT2D eigenvalue weighted by molar-refractivity contribution is 5.88. The monoisotopic (exact) mass is 449 g/mol. The van der Waals surface area contributed by atoms with E-state index in [1.165, 1.54) is 38.6 Å². The Labute approximate surface area is 179 Å². The van der Waals surface area contributed by atoms with Gasteiger partial charge in [0, 0.05) is 24.7 Å². The minimum atomic E-state index is -1.24. The van der Waals surface area contributed by atoms with Crippen molar-refractivity contribution in [3.8, 4) is 23.0 Å². The van der Waals surface area contributed by atoms with Gasteiger partial charge >= 0.3 is 6.09 Å². The molecule has 0 aliphatic carbocycles. The van der Waals surface area contributed by atoms with Crippen LogP contribution in [0.2, 0.25) is 0 Å². The first-order chi connectivity index (χ1) is 15.2. The Hall–Kier alpha value is -4.22. The quantitative estimate of drug-likeness (QED) is 0.401. The highest BCUT2D eigenvalue weighted by Crippen LogP contribution is 2.38. The van der Waals surface area contributed by atoms with Gasteiger partial charge in [-0.25, -0.2) is 13.6 Å². The molecule has 2 aromatic carbocycles. The van der Waals surface area contributed by atoms with Crippen molar-refractivity contribution in [2.24, 2.45) is 0 Å². The number of nitrogens with zero attached hydrogens (tertiary/aromatic N) is 3. The number of carboxylic acid groups (broad SMARTS) is 1. The summed E-state index contributed by atoms with van der Waals surface area (Å²) in [5.74, 6) is -2.74. The summed E-state index contributed by atoms with van der Waals surface area (Å²) in [4.78, 5) is 25.9. The number of rotatable bonds is 8. The summed E-state index contributed by atoms with van der Waals surface area (Å²) in [6.45, 7) is 0.145. The molecule has 168 valence electrons. The molecular weight excluding hydrogens is 432 g/mol. The van der Waals surface area contributed by atoms with Crippen molar-refractivity contribution in [2.75, 3.05) is 27.3 Å². The Kier molecular flexibility index (Phi) is 6.52. The Morgan fingerprint density at radius 3 is 2.47 bits per heavy atom. The molecule has 1 amide bonds. The topological polar surface area (TPSA) is 124 Å². The number of nitro groups is 1. The molecular formula is C20H17F2N3O7. The average molecular weight is 449 g/mol. The molecule has 0 spiro atoms. The van der Waals surface area contributed by atoms with Crippen molar-refractivity contribution < 1.29 is 37.8 Å². The zero-order chi connectivity index (χ0) is 23.4. The van der Waals surface area contributed by atoms with Gasteiger partial charge in [-0.2, -0.15) is 0 Å². The van der Waals surface area contributed by atoms with E-state index in [1.807, 2.05) is 0 Å². The fraction of sp³-hybridized carbons (Fsp3) is 0.200. The number of halogens is 2. The van der Waals surface area contributed by atoms with Crippen molar-refractivity contribution in [1.29, 1.82) is 0 Å². The number of likely N-dealkylation sites (N-methyl/N-ethyl adjacent to an activating group) is 1. The van der Waals surface area contributed by atoms with Crippen LogP contribution in [-0.4, -0.2) is 53.3 Å². The smallest absolute Gasteiger partial charge is 0.407 e. The molecule has 0 fully saturated rings. The third-order valence-corrected chi connectivity index (χ3v) is 4.40. The van der Waals surface area contributed by atoms with Gasteiger partial charge < -0.3 is 24.2 Å². The van der Waals surface area contributed by atoms with Crippen LogP contribution in [0.25, 0.3) is 10.9 Å². The number of aromatic nitrogens is 1. The Balaban J connectivity index is 1.93. The summed E-state index contributed by atoms with van der Waals surface area (Å²) in [5.41, 5.74) is -0.406. The minimum absolute atomic E-state index is 0.0251. The average Bonchev–Trinajstić information content (AvgIpc) is 2.75. The van der Waals surface area contributed by atoms with E-state index in [1.54, 1.807) is 0 Å². The number of non-ortho nitro benzene ring substituents is 1. The zero-order valence-corrected chi connectivity index (χ0v) is 16.9. The van der Waals surface area contributed by atoms with E-state index in [-0.39, 0.29) is 30.4 Å². The second-order valence-electron chi connectivity index (χ2n) is 6.48. The maximum atomic E-state index is 14.3. The van der Waals surface area contributed by atoms with Gasteiger partial charge in [0.1, 0.15) is 12.4 Å². The normalized spacial score (nSPS) is 10.6. The molecule has 0 bridgehead atoms. The number of benzene rings is 2. The lowest BCUT2D eigenvalue weighted by molar-refractivity contribution is -0.385. The molecule has 1 N–H and O–H groups in total. The minimum Gasteiger partial charge on any atom is -0.493 e. The van der Waals surface area contributed by atoms with E-state index >= 15 is 0 Å². The van der Waals surface area contributed by atoms with Crippen LogP contribution in [-0.2, 0) is 0 Å². The number of methoxy groups -OCH3 is 1. The lowest BCUT2D eigenvalue weighted by Crippen LogP contribution is -2.29. The van der Waals surface area contributed by atoms with Gasteiger partial charge in [0.25, 0.3) is 5.69 Å². The molecule has 1 heterocycles. The molecule has 32 heavy (non-hydrogen) atoms. The first kappa shape index (κ1) is 22.5. The highest BCUT2D eigenvalue weighted by atomic mass is 19.1. The second kappa shape index (κ2) is 9.29. The van der Waals surface area contributed by atoms with E-state index in [2.05, 4.69) is 4.98 Å². The number of hydrogen-bond acceptors (Lipinski definition) is 7. The summed E-state index contributed by atoms with van der Waals surface area (Å²) in [5, 5.41) is 20.0. The maximum absolute atomic E-state index is 14.3. The largest absolute Gasteiger partial charge is 0.493 e. The van der Waals surface area contributed by atoms with Crippen LogP contribution in [0.1, 0.15) is 0 Å². The molecule has 0 saturated carbocycles. The third kappa shape index (κ3) is 4.74. The molecule has 0 saturated heterocycles. The molecule has 3 aromatic rings. The first-order valence-electron chi connectivity index (χ1n) is 9.06. The molecule has 1 aromatic heterocycles. The lowest BCUT2D eigenvalue weighted by atomic mass is 10.1. The SMILES string of the molecule is COc1cc2c(Oc3c(F)cc([N+](=O)[O-])cc3F)ccnc2cc1OCCN(C)C(=O)O. The maximum Gasteiger partial charge on any atom is 0.407 e. The molecule has 0 atom stereocenters. The van der Waals surface area contributed by atoms with Gasteiger partial charge in [-0.15, -0.1) is 0 Å². The predicted molar refractivity (Wildman–Crippen MR) is 108 cm³/mol. The Morgan fingerprint density at radius 2 is 1.88 bits per heavy atom. The van der Waals surface area contributed by atoms with E-state index in [4.69, 9.17) is 19.3 Å². The van der Waals surface area contributed by atoms with Crippen molar-refractivity contribution >= 4 is 22.7 Å². The van der Waals surface area contributed by atoms with Crippen LogP contribution in [0.4, 0.5) is 19.3 Å². The summed E-state index contributed by atoms with van der Waals surface area (Å²) in [6.07, 6.45) is 0.237. The molecule has 3 rings (SSSR count). The van der Waals surface area contributed by atoms with Crippen LogP contribution in [0.5, 0.6) is 23.0 Å². The lowest BCUT2D eigenvalue weighted by Gasteiger charge is -2.16. The van der Waals surface area contributed by atoms with Crippen molar-refractivity contribution in [3.05, 3.63) is 58.3 Å². The predicted octanol–water partition coefficient (Wildman–Crippen LogP) is 4.21. The van der Waals surface area contributed by atoms with Crippen LogP contribution >= 0.6 is 0 Å². The summed E-state index contributed by atoms with van der Waals surface area (Å²) in [7, 11) is 2.77. The fourth-order valence-corrected chi connectivity index (χ4v) is 2.74. The number of nitro benzene ring substituents is 1. The van der Waals surface area contributed by atoms with Crippen LogP contribution in [0.15, 0.2) is 36.5 Å². The van der Waals surface area contributed by atoms with E-state index in [0.717, 1.165) is 4.90 Å². The van der Waals surface area contributed by atoms with E-state index < -0.39 is 34.1 Å². The van der Waals surface area contributed by atoms with E-state index in [0.29, 0.717) is 23.0 Å². The summed E-state index contributed by atoms with van der Waals surface area (Å²) >= 11 is 0. The van der Waals surface area contributed by atoms with Gasteiger partial charge in [0.2, 0.25) is 0 Å². The second-order valence-corrected chi connectivity index (χ2v) is 6.48. The standard InChI is InChI=1S/C20H17F2N3O7/c1-24(20(26)27)5-6-31-18-10-15-12(9-17(18)30-2)16(3-4-23-15)32-19-13(21)7-11(25(28)29)8-14(19)22/h3-4,7-10H,5-6H2,1-2H3,(H,26,27). The van der Waals surface area contributed by atoms with Crippen molar-refractivity contribution in [2.45, 2.75) is 0 Å². The Morgan fingerprint density at radius 1 is 1.19 bits per heavy atom. The van der Waals surface area contributed by atoms with Gasteiger partial charge in [-0.3, -0.25) is 15.1 Å². The molecule has 0 aliphatic rings. The van der Waals surface area contributed by atoms with Gasteiger partial charge in [0.15, 0.2) is 28.9 Å². The van der Waals surface area contributed by atoms with Gasteiger partial charge in [0.05, 0.1) is 36.2 Å². The summed E-state index contributed by atoms with van der Waals surface area (Å²) < 4.78 is 44.8. The van der Waals surface area contributed by atoms with Crippen LogP contribution in [0, 0.1) is 21.7 Å². The number of amides is 1. The van der Waals surface area contributed by atoms with Crippen LogP contribution in [0.3, 0.4) is 0 Å². The van der Waals surface area contributed by atoms with E-state index in [9.17, 15) is 23.7 Å². The van der Waals surface area contributed by atoms with Crippen molar-refractivity contribution in [3.63, 3.8) is 0 Å². The molecule has 0 unspecified atom stereocenters. The third-order valence-electron chi connectivity index (χ3n) is 4.40. The van der Waals surface area contributed by atoms with Gasteiger partial charge in [-0.05, 0) is 12.1 Å². The number of ether oxygens (including phenoxy) is 3. The summed E-state index contributed by atoms with van der Waals surface area (Å²) in [6, 6.07) is 5.47. The number of fused-ring (bicyclic) bond motifs is 1. The van der Waals surface area contributed by atoms with Crippen LogP contribution < -0.4 is 14.2 Å².